The van der Waals surface area contributed by atoms with E-state index in [4.69, 9.17) is 23.2 Å². The Bertz CT molecular complexity index is 940. The smallest absolute Gasteiger partial charge is 0.272 e. The van der Waals surface area contributed by atoms with E-state index < -0.39 is 0 Å². The molecule has 2 aromatic carbocycles. The standard InChI is InChI=1S/C23H27Cl2N3O/c1-5-10-28-21-9-6-16(11-19(21)15(2)13-23(28,3)4)14-26-27-22(29)18-8-7-17(24)12-20(18)25/h6-9,11-12,14-15H,5,10,13H2,1-4H3,(H,27,29)/b26-14-. The van der Waals surface area contributed by atoms with Crippen molar-refractivity contribution < 1.29 is 4.79 Å². The predicted octanol–water partition coefficient (Wildman–Crippen LogP) is 6.26. The highest BCUT2D eigenvalue weighted by Gasteiger charge is 2.35. The zero-order valence-corrected chi connectivity index (χ0v) is 18.8. The van der Waals surface area contributed by atoms with Gasteiger partial charge in [0, 0.05) is 22.8 Å². The number of nitrogens with zero attached hydrogens (tertiary/aromatic N) is 2. The number of amides is 1. The van der Waals surface area contributed by atoms with E-state index in [1.165, 1.54) is 17.3 Å². The van der Waals surface area contributed by atoms with Crippen LogP contribution in [-0.2, 0) is 0 Å². The summed E-state index contributed by atoms with van der Waals surface area (Å²) in [5.41, 5.74) is 6.59. The van der Waals surface area contributed by atoms with Crippen LogP contribution in [0.3, 0.4) is 0 Å². The van der Waals surface area contributed by atoms with Gasteiger partial charge in [0.05, 0.1) is 16.8 Å². The van der Waals surface area contributed by atoms with Gasteiger partial charge in [-0.3, -0.25) is 4.79 Å². The van der Waals surface area contributed by atoms with E-state index >= 15 is 0 Å². The van der Waals surface area contributed by atoms with Crippen molar-refractivity contribution in [1.82, 2.24) is 5.43 Å². The number of hydrogen-bond acceptors (Lipinski definition) is 3. The molecule has 1 N–H and O–H groups in total. The molecule has 4 nitrogen and oxygen atoms in total. The van der Waals surface area contributed by atoms with Crippen molar-refractivity contribution in [2.75, 3.05) is 11.4 Å². The minimum absolute atomic E-state index is 0.143. The second kappa shape index (κ2) is 8.76. The molecule has 1 amide bonds. The zero-order valence-electron chi connectivity index (χ0n) is 17.3. The van der Waals surface area contributed by atoms with E-state index in [2.05, 4.69) is 55.3 Å². The lowest BCUT2D eigenvalue weighted by molar-refractivity contribution is 0.0955. The van der Waals surface area contributed by atoms with Crippen LogP contribution in [0, 0.1) is 0 Å². The highest BCUT2D eigenvalue weighted by Crippen LogP contribution is 2.43. The lowest BCUT2D eigenvalue weighted by atomic mass is 9.79. The van der Waals surface area contributed by atoms with Crippen LogP contribution in [-0.4, -0.2) is 24.2 Å². The summed E-state index contributed by atoms with van der Waals surface area (Å²) < 4.78 is 0. The Balaban J connectivity index is 1.77. The first-order valence-corrected chi connectivity index (χ1v) is 10.7. The Kier molecular flexibility index (Phi) is 6.55. The Morgan fingerprint density at radius 1 is 1.28 bits per heavy atom. The van der Waals surface area contributed by atoms with Crippen LogP contribution >= 0.6 is 23.2 Å². The average Bonchev–Trinajstić information content (AvgIpc) is 2.64. The number of halogens is 2. The molecule has 1 atom stereocenters. The highest BCUT2D eigenvalue weighted by molar-refractivity contribution is 6.36. The molecule has 0 bridgehead atoms. The predicted molar refractivity (Wildman–Crippen MR) is 123 cm³/mol. The molecule has 2 aromatic rings. The fourth-order valence-electron chi connectivity index (χ4n) is 4.14. The lowest BCUT2D eigenvalue weighted by Gasteiger charge is -2.47. The van der Waals surface area contributed by atoms with Crippen molar-refractivity contribution in [3.63, 3.8) is 0 Å². The molecule has 1 aliphatic heterocycles. The number of carbonyl (C=O) groups excluding carboxylic acids is 1. The van der Waals surface area contributed by atoms with E-state index in [-0.39, 0.29) is 11.4 Å². The second-order valence-corrected chi connectivity index (χ2v) is 9.05. The molecule has 0 saturated heterocycles. The molecular weight excluding hydrogens is 405 g/mol. The molecule has 1 heterocycles. The van der Waals surface area contributed by atoms with E-state index in [0.717, 1.165) is 24.9 Å². The van der Waals surface area contributed by atoms with Gasteiger partial charge in [0.2, 0.25) is 0 Å². The van der Waals surface area contributed by atoms with Crippen LogP contribution in [0.4, 0.5) is 5.69 Å². The third-order valence-corrected chi connectivity index (χ3v) is 5.96. The van der Waals surface area contributed by atoms with Gasteiger partial charge in [-0.25, -0.2) is 5.43 Å². The molecular formula is C23H27Cl2N3O. The van der Waals surface area contributed by atoms with Crippen molar-refractivity contribution >= 4 is 41.0 Å². The number of hydrazone groups is 1. The molecule has 29 heavy (non-hydrogen) atoms. The summed E-state index contributed by atoms with van der Waals surface area (Å²) in [5.74, 6) is 0.0917. The van der Waals surface area contributed by atoms with Crippen LogP contribution in [0.2, 0.25) is 10.0 Å². The third kappa shape index (κ3) is 4.76. The number of hydrogen-bond donors (Lipinski definition) is 1. The summed E-state index contributed by atoms with van der Waals surface area (Å²) in [6, 6.07) is 11.1. The number of fused-ring (bicyclic) bond motifs is 1. The van der Waals surface area contributed by atoms with E-state index in [9.17, 15) is 4.79 Å². The first-order valence-electron chi connectivity index (χ1n) is 9.93. The summed E-state index contributed by atoms with van der Waals surface area (Å²) in [7, 11) is 0. The Hall–Kier alpha value is -2.04. The number of carbonyl (C=O) groups is 1. The average molecular weight is 432 g/mol. The molecule has 0 radical (unpaired) electrons. The van der Waals surface area contributed by atoms with Gasteiger partial charge in [-0.15, -0.1) is 0 Å². The number of rotatable bonds is 5. The van der Waals surface area contributed by atoms with Crippen LogP contribution in [0.25, 0.3) is 0 Å². The molecule has 6 heteroatoms. The van der Waals surface area contributed by atoms with Gasteiger partial charge in [-0.05, 0) is 74.1 Å². The molecule has 0 aliphatic carbocycles. The van der Waals surface area contributed by atoms with Crippen LogP contribution in [0.5, 0.6) is 0 Å². The van der Waals surface area contributed by atoms with E-state index in [1.54, 1.807) is 18.3 Å². The highest BCUT2D eigenvalue weighted by atomic mass is 35.5. The maximum atomic E-state index is 12.3. The number of nitrogens with one attached hydrogen (secondary N) is 1. The van der Waals surface area contributed by atoms with Gasteiger partial charge in [0.25, 0.3) is 5.91 Å². The molecule has 1 aliphatic rings. The number of benzene rings is 2. The van der Waals surface area contributed by atoms with Crippen LogP contribution < -0.4 is 10.3 Å². The fraction of sp³-hybridized carbons (Fsp3) is 0.391. The zero-order chi connectivity index (χ0) is 21.2. The van der Waals surface area contributed by atoms with Crippen molar-refractivity contribution in [2.24, 2.45) is 5.10 Å². The summed E-state index contributed by atoms with van der Waals surface area (Å²) >= 11 is 12.0. The Labute approximate surface area is 182 Å². The molecule has 154 valence electrons. The summed E-state index contributed by atoms with van der Waals surface area (Å²) in [5, 5.41) is 4.89. The summed E-state index contributed by atoms with van der Waals surface area (Å²) in [6.07, 6.45) is 3.88. The van der Waals surface area contributed by atoms with Crippen molar-refractivity contribution in [3.8, 4) is 0 Å². The minimum atomic E-state index is -0.370. The Morgan fingerprint density at radius 3 is 2.72 bits per heavy atom. The van der Waals surface area contributed by atoms with Gasteiger partial charge in [0.1, 0.15) is 0 Å². The summed E-state index contributed by atoms with van der Waals surface area (Å²) in [6.45, 7) is 10.2. The van der Waals surface area contributed by atoms with Crippen molar-refractivity contribution in [3.05, 3.63) is 63.1 Å². The molecule has 0 aromatic heterocycles. The largest absolute Gasteiger partial charge is 0.366 e. The lowest BCUT2D eigenvalue weighted by Crippen LogP contribution is -2.48. The maximum Gasteiger partial charge on any atom is 0.272 e. The monoisotopic (exact) mass is 431 g/mol. The quantitative estimate of drug-likeness (QED) is 0.448. The third-order valence-electron chi connectivity index (χ3n) is 5.41. The van der Waals surface area contributed by atoms with E-state index in [0.29, 0.717) is 21.5 Å². The van der Waals surface area contributed by atoms with Gasteiger partial charge >= 0.3 is 0 Å². The second-order valence-electron chi connectivity index (χ2n) is 8.21. The molecule has 0 saturated carbocycles. The van der Waals surface area contributed by atoms with Gasteiger partial charge in [-0.1, -0.05) is 43.1 Å². The number of anilines is 1. The minimum Gasteiger partial charge on any atom is -0.366 e. The summed E-state index contributed by atoms with van der Waals surface area (Å²) in [4.78, 5) is 14.8. The first kappa shape index (κ1) is 21.7. The molecule has 1 unspecified atom stereocenters. The van der Waals surface area contributed by atoms with Gasteiger partial charge in [0.15, 0.2) is 0 Å². The molecule has 0 fully saturated rings. The molecule has 3 rings (SSSR count). The molecule has 0 spiro atoms. The van der Waals surface area contributed by atoms with Crippen LogP contribution in [0.15, 0.2) is 41.5 Å². The van der Waals surface area contributed by atoms with E-state index in [1.807, 2.05) is 6.07 Å². The maximum absolute atomic E-state index is 12.3. The fourth-order valence-corrected chi connectivity index (χ4v) is 4.63. The van der Waals surface area contributed by atoms with Gasteiger partial charge < -0.3 is 4.90 Å². The SMILES string of the molecule is CCCN1c2ccc(/C=N\NC(=O)c3ccc(Cl)cc3Cl)cc2C(C)CC1(C)C. The first-order chi connectivity index (χ1) is 13.7. The Morgan fingerprint density at radius 2 is 2.03 bits per heavy atom. The van der Waals surface area contributed by atoms with Gasteiger partial charge in [-0.2, -0.15) is 5.10 Å². The van der Waals surface area contributed by atoms with Crippen molar-refractivity contribution in [1.29, 1.82) is 0 Å². The normalized spacial score (nSPS) is 18.0. The van der Waals surface area contributed by atoms with Crippen molar-refractivity contribution in [2.45, 2.75) is 52.0 Å². The topological polar surface area (TPSA) is 44.7 Å². The van der Waals surface area contributed by atoms with Crippen LogP contribution in [0.1, 0.15) is 67.9 Å².